The molecule has 1 aromatic carbocycles. The van der Waals surface area contributed by atoms with Gasteiger partial charge in [0.05, 0.1) is 18.3 Å². The van der Waals surface area contributed by atoms with E-state index in [1.807, 2.05) is 24.3 Å². The molecular formula is C16H23BO3. The van der Waals surface area contributed by atoms with Gasteiger partial charge in [0.1, 0.15) is 5.75 Å². The zero-order valence-electron chi connectivity index (χ0n) is 13.0. The van der Waals surface area contributed by atoms with Crippen LogP contribution in [0.4, 0.5) is 0 Å². The molecule has 1 aliphatic rings. The monoisotopic (exact) mass is 274 g/mol. The van der Waals surface area contributed by atoms with Gasteiger partial charge in [0.2, 0.25) is 0 Å². The molecule has 3 nitrogen and oxygen atoms in total. The molecule has 0 atom stereocenters. The summed E-state index contributed by atoms with van der Waals surface area (Å²) < 4.78 is 17.7. The van der Waals surface area contributed by atoms with Crippen LogP contribution in [0.3, 0.4) is 0 Å². The molecule has 0 amide bonds. The van der Waals surface area contributed by atoms with Gasteiger partial charge in [-0.15, -0.1) is 6.58 Å². The lowest BCUT2D eigenvalue weighted by Gasteiger charge is -2.32. The molecule has 1 heterocycles. The first-order valence-corrected chi connectivity index (χ1v) is 6.94. The molecule has 1 saturated heterocycles. The maximum absolute atomic E-state index is 6.12. The number of hydrogen-bond acceptors (Lipinski definition) is 3. The zero-order valence-corrected chi connectivity index (χ0v) is 13.0. The third-order valence-electron chi connectivity index (χ3n) is 4.24. The van der Waals surface area contributed by atoms with Gasteiger partial charge in [0.25, 0.3) is 0 Å². The predicted octanol–water partition coefficient (Wildman–Crippen LogP) is 2.72. The highest BCUT2D eigenvalue weighted by atomic mass is 16.7. The molecule has 108 valence electrons. The summed E-state index contributed by atoms with van der Waals surface area (Å²) in [6.07, 6.45) is 2.59. The Morgan fingerprint density at radius 2 is 1.80 bits per heavy atom. The Balaban J connectivity index is 2.42. The molecular weight excluding hydrogens is 251 g/mol. The highest BCUT2D eigenvalue weighted by Crippen LogP contribution is 2.37. The van der Waals surface area contributed by atoms with E-state index in [0.717, 1.165) is 23.2 Å². The first-order chi connectivity index (χ1) is 9.32. The molecule has 0 unspecified atom stereocenters. The number of benzene rings is 1. The number of hydrogen-bond donors (Lipinski definition) is 0. The molecule has 0 N–H and O–H groups in total. The Kier molecular flexibility index (Phi) is 3.98. The summed E-state index contributed by atoms with van der Waals surface area (Å²) in [5, 5.41) is 0. The molecule has 0 saturated carbocycles. The number of allylic oxidation sites excluding steroid dienone is 1. The highest BCUT2D eigenvalue weighted by molar-refractivity contribution is 6.62. The predicted molar refractivity (Wildman–Crippen MR) is 82.6 cm³/mol. The van der Waals surface area contributed by atoms with Crippen molar-refractivity contribution in [3.8, 4) is 5.75 Å². The summed E-state index contributed by atoms with van der Waals surface area (Å²) >= 11 is 0. The van der Waals surface area contributed by atoms with Crippen LogP contribution >= 0.6 is 0 Å². The summed E-state index contributed by atoms with van der Waals surface area (Å²) in [5.41, 5.74) is 1.41. The van der Waals surface area contributed by atoms with Crippen LogP contribution in [0, 0.1) is 0 Å². The minimum Gasteiger partial charge on any atom is -0.496 e. The molecule has 0 aromatic heterocycles. The van der Waals surface area contributed by atoms with Gasteiger partial charge in [-0.1, -0.05) is 18.2 Å². The van der Waals surface area contributed by atoms with Gasteiger partial charge in [-0.25, -0.2) is 0 Å². The van der Waals surface area contributed by atoms with Crippen molar-refractivity contribution in [2.75, 3.05) is 7.11 Å². The minimum absolute atomic E-state index is 0.341. The van der Waals surface area contributed by atoms with Gasteiger partial charge in [0.15, 0.2) is 0 Å². The average molecular weight is 274 g/mol. The lowest BCUT2D eigenvalue weighted by atomic mass is 9.75. The van der Waals surface area contributed by atoms with E-state index in [-0.39, 0.29) is 18.3 Å². The fourth-order valence-corrected chi connectivity index (χ4v) is 2.33. The van der Waals surface area contributed by atoms with Crippen molar-refractivity contribution < 1.29 is 14.0 Å². The number of methoxy groups -OCH3 is 1. The second-order valence-corrected chi connectivity index (χ2v) is 6.11. The first-order valence-electron chi connectivity index (χ1n) is 6.94. The molecule has 1 aliphatic heterocycles. The third-order valence-corrected chi connectivity index (χ3v) is 4.24. The third kappa shape index (κ3) is 2.50. The van der Waals surface area contributed by atoms with Crippen LogP contribution in [-0.2, 0) is 15.7 Å². The Bertz CT molecular complexity index is 492. The topological polar surface area (TPSA) is 27.7 Å². The molecule has 0 spiro atoms. The molecule has 0 aliphatic carbocycles. The van der Waals surface area contributed by atoms with Crippen molar-refractivity contribution in [3.63, 3.8) is 0 Å². The fourth-order valence-electron chi connectivity index (χ4n) is 2.33. The van der Waals surface area contributed by atoms with Gasteiger partial charge in [-0.3, -0.25) is 0 Å². The van der Waals surface area contributed by atoms with Gasteiger partial charge < -0.3 is 14.0 Å². The van der Waals surface area contributed by atoms with Crippen LogP contribution in [0.1, 0.15) is 33.3 Å². The Morgan fingerprint density at radius 3 is 2.30 bits per heavy atom. The van der Waals surface area contributed by atoms with Crippen molar-refractivity contribution in [2.45, 2.75) is 45.3 Å². The van der Waals surface area contributed by atoms with E-state index in [1.165, 1.54) is 0 Å². The minimum atomic E-state index is -0.370. The van der Waals surface area contributed by atoms with Crippen molar-refractivity contribution in [1.29, 1.82) is 0 Å². The lowest BCUT2D eigenvalue weighted by molar-refractivity contribution is 0.00578. The number of rotatable bonds is 4. The zero-order chi connectivity index (χ0) is 15.0. The van der Waals surface area contributed by atoms with Crippen LogP contribution in [0.2, 0.25) is 0 Å². The maximum Gasteiger partial charge on any atom is 0.495 e. The van der Waals surface area contributed by atoms with E-state index >= 15 is 0 Å². The molecule has 0 radical (unpaired) electrons. The molecule has 1 fully saturated rings. The summed E-state index contributed by atoms with van der Waals surface area (Å²) in [6.45, 7) is 12.0. The summed E-state index contributed by atoms with van der Waals surface area (Å²) in [4.78, 5) is 0. The lowest BCUT2D eigenvalue weighted by Crippen LogP contribution is -2.41. The van der Waals surface area contributed by atoms with Gasteiger partial charge >= 0.3 is 7.12 Å². The number of ether oxygens (including phenoxy) is 1. The van der Waals surface area contributed by atoms with E-state index in [0.29, 0.717) is 0 Å². The Labute approximate surface area is 122 Å². The van der Waals surface area contributed by atoms with E-state index in [4.69, 9.17) is 14.0 Å². The summed E-state index contributed by atoms with van der Waals surface area (Å²) in [5.74, 6) is 0.845. The average Bonchev–Trinajstić information content (AvgIpc) is 2.59. The van der Waals surface area contributed by atoms with Crippen LogP contribution in [0.5, 0.6) is 5.75 Å². The first kappa shape index (κ1) is 15.1. The Morgan fingerprint density at radius 1 is 1.20 bits per heavy atom. The van der Waals surface area contributed by atoms with Crippen molar-refractivity contribution in [3.05, 3.63) is 36.4 Å². The van der Waals surface area contributed by atoms with Crippen molar-refractivity contribution in [2.24, 2.45) is 0 Å². The summed E-state index contributed by atoms with van der Waals surface area (Å²) in [7, 11) is 1.31. The van der Waals surface area contributed by atoms with Crippen molar-refractivity contribution in [1.82, 2.24) is 0 Å². The van der Waals surface area contributed by atoms with Crippen LogP contribution in [-0.4, -0.2) is 25.4 Å². The highest BCUT2D eigenvalue weighted by Gasteiger charge is 2.52. The molecule has 4 heteroatoms. The molecule has 20 heavy (non-hydrogen) atoms. The van der Waals surface area contributed by atoms with Crippen LogP contribution < -0.4 is 10.2 Å². The second-order valence-electron chi connectivity index (χ2n) is 6.11. The molecule has 0 bridgehead atoms. The smallest absolute Gasteiger partial charge is 0.495 e. The second kappa shape index (κ2) is 5.26. The van der Waals surface area contributed by atoms with Gasteiger partial charge in [-0.2, -0.15) is 0 Å². The summed E-state index contributed by atoms with van der Waals surface area (Å²) in [6, 6.07) is 5.95. The largest absolute Gasteiger partial charge is 0.496 e. The van der Waals surface area contributed by atoms with Crippen molar-refractivity contribution >= 4 is 12.6 Å². The Hall–Kier alpha value is -1.26. The van der Waals surface area contributed by atoms with Crippen LogP contribution in [0.15, 0.2) is 30.9 Å². The standard InChI is InChI=1S/C16H23BO3/c1-7-9-12-13(10-8-11-14(12)18-6)17-19-15(2,3)16(4,5)20-17/h7-8,10-11H,1,9H2,2-6H3. The van der Waals surface area contributed by atoms with E-state index in [2.05, 4.69) is 34.3 Å². The van der Waals surface area contributed by atoms with Crippen LogP contribution in [0.25, 0.3) is 0 Å². The maximum atomic E-state index is 6.12. The normalized spacial score (nSPS) is 19.9. The van der Waals surface area contributed by atoms with E-state index in [1.54, 1.807) is 7.11 Å². The van der Waals surface area contributed by atoms with Gasteiger partial charge in [0, 0.05) is 0 Å². The quantitative estimate of drug-likeness (QED) is 0.624. The molecule has 1 aromatic rings. The van der Waals surface area contributed by atoms with E-state index < -0.39 is 0 Å². The SMILES string of the molecule is C=CCc1c(OC)cccc1B1OC(C)(C)C(C)(C)O1. The van der Waals surface area contributed by atoms with E-state index in [9.17, 15) is 0 Å². The molecule has 2 rings (SSSR count). The fraction of sp³-hybridized carbons (Fsp3) is 0.500. The van der Waals surface area contributed by atoms with Gasteiger partial charge in [-0.05, 0) is 51.2 Å².